The minimum Gasteiger partial charge on any atom is -0.340 e. The maximum atomic E-state index is 12.9. The van der Waals surface area contributed by atoms with Crippen LogP contribution in [0, 0.1) is 11.8 Å². The first-order chi connectivity index (χ1) is 9.97. The highest BCUT2D eigenvalue weighted by Crippen LogP contribution is 2.36. The molecule has 124 valence electrons. The molecule has 2 N–H and O–H groups in total. The summed E-state index contributed by atoms with van der Waals surface area (Å²) in [5.74, 6) is 1.24. The molecule has 0 aromatic carbocycles. The molecule has 1 amide bonds. The Bertz CT molecular complexity index is 545. The summed E-state index contributed by atoms with van der Waals surface area (Å²) < 4.78 is 3.02. The number of hydrogen-bond acceptors (Lipinski definition) is 2. The van der Waals surface area contributed by atoms with Gasteiger partial charge in [0, 0.05) is 35.8 Å². The molecule has 1 saturated heterocycles. The average Bonchev–Trinajstić information content (AvgIpc) is 3.02. The van der Waals surface area contributed by atoms with E-state index in [1.165, 1.54) is 12.8 Å². The molecule has 0 bridgehead atoms. The van der Waals surface area contributed by atoms with Gasteiger partial charge in [-0.1, -0.05) is 6.42 Å². The number of amides is 1. The number of halogens is 2. The SMILES string of the molecule is CC(C)n1cc(Br)cc1C(=O)N1CC2CCCC(N)C2C1.Cl. The van der Waals surface area contributed by atoms with Gasteiger partial charge in [0.15, 0.2) is 0 Å². The Morgan fingerprint density at radius 2 is 2.09 bits per heavy atom. The largest absolute Gasteiger partial charge is 0.340 e. The van der Waals surface area contributed by atoms with E-state index in [1.807, 2.05) is 21.7 Å². The summed E-state index contributed by atoms with van der Waals surface area (Å²) in [6.45, 7) is 5.90. The third-order valence-corrected chi connectivity index (χ3v) is 5.47. The monoisotopic (exact) mass is 389 g/mol. The minimum atomic E-state index is 0. The number of hydrogen-bond donors (Lipinski definition) is 1. The first kappa shape index (κ1) is 17.8. The predicted octanol–water partition coefficient (Wildman–Crippen LogP) is 3.45. The normalized spacial score (nSPS) is 27.7. The number of rotatable bonds is 2. The third-order valence-electron chi connectivity index (χ3n) is 5.03. The van der Waals surface area contributed by atoms with E-state index >= 15 is 0 Å². The van der Waals surface area contributed by atoms with E-state index in [4.69, 9.17) is 5.73 Å². The van der Waals surface area contributed by atoms with Crippen LogP contribution in [0.15, 0.2) is 16.7 Å². The van der Waals surface area contributed by atoms with Gasteiger partial charge in [0.25, 0.3) is 5.91 Å². The first-order valence-electron chi connectivity index (χ1n) is 7.89. The maximum absolute atomic E-state index is 12.9. The second-order valence-corrected chi connectivity index (χ2v) is 7.69. The van der Waals surface area contributed by atoms with Crippen molar-refractivity contribution in [1.82, 2.24) is 9.47 Å². The Labute approximate surface area is 147 Å². The molecule has 2 fully saturated rings. The summed E-state index contributed by atoms with van der Waals surface area (Å²) in [5, 5.41) is 0. The molecule has 4 nitrogen and oxygen atoms in total. The molecule has 6 heteroatoms. The second kappa shape index (κ2) is 6.93. The van der Waals surface area contributed by atoms with E-state index in [0.29, 0.717) is 11.8 Å². The molecule has 1 aliphatic heterocycles. The van der Waals surface area contributed by atoms with Crippen LogP contribution in [0.2, 0.25) is 0 Å². The topological polar surface area (TPSA) is 51.3 Å². The summed E-state index contributed by atoms with van der Waals surface area (Å²) >= 11 is 3.49. The van der Waals surface area contributed by atoms with Crippen LogP contribution in [0.1, 0.15) is 49.6 Å². The van der Waals surface area contributed by atoms with Crippen LogP contribution >= 0.6 is 28.3 Å². The van der Waals surface area contributed by atoms with E-state index in [9.17, 15) is 4.79 Å². The van der Waals surface area contributed by atoms with Crippen LogP contribution in [-0.4, -0.2) is 34.5 Å². The maximum Gasteiger partial charge on any atom is 0.270 e. The number of carbonyl (C=O) groups excluding carboxylic acids is 1. The molecule has 2 heterocycles. The third kappa shape index (κ3) is 3.22. The van der Waals surface area contributed by atoms with Crippen LogP contribution in [0.4, 0.5) is 0 Å². The highest BCUT2D eigenvalue weighted by molar-refractivity contribution is 9.10. The van der Waals surface area contributed by atoms with E-state index in [0.717, 1.165) is 29.7 Å². The Hall–Kier alpha value is -0.520. The molecule has 0 radical (unpaired) electrons. The van der Waals surface area contributed by atoms with Gasteiger partial charge in [-0.05, 0) is 60.5 Å². The van der Waals surface area contributed by atoms with Crippen molar-refractivity contribution in [2.45, 2.75) is 45.2 Å². The van der Waals surface area contributed by atoms with Gasteiger partial charge in [0.2, 0.25) is 0 Å². The van der Waals surface area contributed by atoms with E-state index in [-0.39, 0.29) is 30.4 Å². The van der Waals surface area contributed by atoms with Crippen molar-refractivity contribution in [2.24, 2.45) is 17.6 Å². The number of likely N-dealkylation sites (tertiary alicyclic amines) is 1. The van der Waals surface area contributed by atoms with Crippen molar-refractivity contribution in [2.75, 3.05) is 13.1 Å². The minimum absolute atomic E-state index is 0. The number of aromatic nitrogens is 1. The number of nitrogens with two attached hydrogens (primary N) is 1. The highest BCUT2D eigenvalue weighted by atomic mass is 79.9. The van der Waals surface area contributed by atoms with Crippen LogP contribution in [0.3, 0.4) is 0 Å². The van der Waals surface area contributed by atoms with Crippen LogP contribution < -0.4 is 5.73 Å². The van der Waals surface area contributed by atoms with Gasteiger partial charge in [-0.2, -0.15) is 0 Å². The molecule has 1 aliphatic carbocycles. The van der Waals surface area contributed by atoms with Crippen molar-refractivity contribution in [3.63, 3.8) is 0 Å². The lowest BCUT2D eigenvalue weighted by atomic mass is 9.78. The van der Waals surface area contributed by atoms with E-state index in [1.54, 1.807) is 0 Å². The standard InChI is InChI=1S/C16H24BrN3O.ClH/c1-10(2)20-8-12(17)6-15(20)16(21)19-7-11-4-3-5-14(18)13(11)9-19;/h6,8,10-11,13-14H,3-5,7,9,18H2,1-2H3;1H. The zero-order chi connectivity index (χ0) is 15.1. The molecule has 1 saturated carbocycles. The lowest BCUT2D eigenvalue weighted by molar-refractivity contribution is 0.0771. The lowest BCUT2D eigenvalue weighted by Crippen LogP contribution is -2.38. The number of fused-ring (bicyclic) bond motifs is 1. The zero-order valence-corrected chi connectivity index (χ0v) is 15.6. The van der Waals surface area contributed by atoms with Gasteiger partial charge in [-0.25, -0.2) is 0 Å². The van der Waals surface area contributed by atoms with Gasteiger partial charge in [0.05, 0.1) is 0 Å². The van der Waals surface area contributed by atoms with Crippen molar-refractivity contribution in [3.05, 3.63) is 22.4 Å². The predicted molar refractivity (Wildman–Crippen MR) is 94.5 cm³/mol. The van der Waals surface area contributed by atoms with E-state index < -0.39 is 0 Å². The van der Waals surface area contributed by atoms with Crippen molar-refractivity contribution in [1.29, 1.82) is 0 Å². The smallest absolute Gasteiger partial charge is 0.270 e. The Balaban J connectivity index is 0.00000176. The molecular formula is C16H25BrClN3O. The molecule has 3 rings (SSSR count). The highest BCUT2D eigenvalue weighted by Gasteiger charge is 2.41. The lowest BCUT2D eigenvalue weighted by Gasteiger charge is -2.29. The van der Waals surface area contributed by atoms with E-state index in [2.05, 4.69) is 29.8 Å². The molecule has 3 unspecified atom stereocenters. The fourth-order valence-corrected chi connectivity index (χ4v) is 4.33. The molecule has 22 heavy (non-hydrogen) atoms. The summed E-state index contributed by atoms with van der Waals surface area (Å²) in [6.07, 6.45) is 5.53. The second-order valence-electron chi connectivity index (χ2n) is 6.77. The molecule has 3 atom stereocenters. The summed E-state index contributed by atoms with van der Waals surface area (Å²) in [6, 6.07) is 2.48. The Kier molecular flexibility index (Phi) is 5.62. The van der Waals surface area contributed by atoms with Gasteiger partial charge in [-0.15, -0.1) is 12.4 Å². The molecule has 1 aromatic rings. The van der Waals surface area contributed by atoms with Crippen LogP contribution in [0.25, 0.3) is 0 Å². The first-order valence-corrected chi connectivity index (χ1v) is 8.69. The molecule has 1 aromatic heterocycles. The van der Waals surface area contributed by atoms with Crippen molar-refractivity contribution < 1.29 is 4.79 Å². The molecular weight excluding hydrogens is 366 g/mol. The van der Waals surface area contributed by atoms with Gasteiger partial charge < -0.3 is 15.2 Å². The Morgan fingerprint density at radius 3 is 2.73 bits per heavy atom. The van der Waals surface area contributed by atoms with Gasteiger partial charge in [0.1, 0.15) is 5.69 Å². The quantitative estimate of drug-likeness (QED) is 0.841. The molecule has 2 aliphatic rings. The van der Waals surface area contributed by atoms with Gasteiger partial charge in [-0.3, -0.25) is 4.79 Å². The summed E-state index contributed by atoms with van der Waals surface area (Å²) in [4.78, 5) is 14.9. The zero-order valence-electron chi connectivity index (χ0n) is 13.2. The van der Waals surface area contributed by atoms with Crippen LogP contribution in [0.5, 0.6) is 0 Å². The molecule has 0 spiro atoms. The number of nitrogens with zero attached hydrogens (tertiary/aromatic N) is 2. The summed E-state index contributed by atoms with van der Waals surface area (Å²) in [5.41, 5.74) is 7.03. The van der Waals surface area contributed by atoms with Crippen molar-refractivity contribution in [3.8, 4) is 0 Å². The van der Waals surface area contributed by atoms with Gasteiger partial charge >= 0.3 is 0 Å². The average molecular weight is 391 g/mol. The number of carbonyl (C=O) groups is 1. The fraction of sp³-hybridized carbons (Fsp3) is 0.688. The van der Waals surface area contributed by atoms with Crippen molar-refractivity contribution >= 4 is 34.2 Å². The fourth-order valence-electron chi connectivity index (χ4n) is 3.89. The summed E-state index contributed by atoms with van der Waals surface area (Å²) in [7, 11) is 0. The Morgan fingerprint density at radius 1 is 1.36 bits per heavy atom. The van der Waals surface area contributed by atoms with Crippen LogP contribution in [-0.2, 0) is 0 Å².